The van der Waals surface area contributed by atoms with Gasteiger partial charge in [-0.15, -0.1) is 0 Å². The first kappa shape index (κ1) is 31.7. The third kappa shape index (κ3) is 10.9. The van der Waals surface area contributed by atoms with Crippen LogP contribution >= 0.6 is 11.3 Å². The molecule has 0 saturated heterocycles. The first-order valence-electron chi connectivity index (χ1n) is 14.1. The van der Waals surface area contributed by atoms with Gasteiger partial charge in [0.25, 0.3) is 5.91 Å². The molecule has 1 amide bonds. The summed E-state index contributed by atoms with van der Waals surface area (Å²) in [6.07, 6.45) is 5.39. The number of rotatable bonds is 19. The van der Waals surface area contributed by atoms with Crippen LogP contribution in [0.3, 0.4) is 0 Å². The number of hydrogen-bond acceptors (Lipinski definition) is 6. The standard InChI is InChI=1S/C32H39NO7S/c1-2-33-32(38)26-19-25(24-15-18-41-22-24)20-27(21-26)39-16-6-4-3-5-9-23-10-7-11-29(28(23)13-14-31(36)37)40-17-8-12-30(34)35/h7,10-11,15,18-22H,2-6,8-9,12-14,16-17H2,1H3,(H,33,38)(H,34,35)(H,36,37). The maximum atomic E-state index is 12.5. The molecule has 0 aliphatic rings. The minimum atomic E-state index is -0.866. The number of aliphatic carboxylic acids is 2. The van der Waals surface area contributed by atoms with Gasteiger partial charge in [-0.2, -0.15) is 11.3 Å². The first-order chi connectivity index (χ1) is 19.9. The summed E-state index contributed by atoms with van der Waals surface area (Å²) in [5, 5.41) is 25.0. The molecule has 220 valence electrons. The molecule has 0 aliphatic carbocycles. The molecule has 8 nitrogen and oxygen atoms in total. The number of ether oxygens (including phenoxy) is 2. The highest BCUT2D eigenvalue weighted by molar-refractivity contribution is 7.08. The van der Waals surface area contributed by atoms with E-state index in [4.69, 9.17) is 14.6 Å². The van der Waals surface area contributed by atoms with Crippen molar-refractivity contribution < 1.29 is 34.1 Å². The van der Waals surface area contributed by atoms with Crippen molar-refractivity contribution in [2.45, 2.75) is 64.7 Å². The van der Waals surface area contributed by atoms with E-state index in [0.717, 1.165) is 54.4 Å². The van der Waals surface area contributed by atoms with Gasteiger partial charge in [-0.3, -0.25) is 14.4 Å². The highest BCUT2D eigenvalue weighted by Crippen LogP contribution is 2.29. The number of carbonyl (C=O) groups excluding carboxylic acids is 1. The van der Waals surface area contributed by atoms with Crippen LogP contribution in [0.25, 0.3) is 11.1 Å². The van der Waals surface area contributed by atoms with Crippen LogP contribution in [-0.4, -0.2) is 47.8 Å². The van der Waals surface area contributed by atoms with E-state index < -0.39 is 11.9 Å². The van der Waals surface area contributed by atoms with Crippen molar-refractivity contribution >= 4 is 29.2 Å². The van der Waals surface area contributed by atoms with Gasteiger partial charge in [0, 0.05) is 24.9 Å². The zero-order valence-corrected chi connectivity index (χ0v) is 24.3. The van der Waals surface area contributed by atoms with Crippen molar-refractivity contribution in [3.8, 4) is 22.6 Å². The summed E-state index contributed by atoms with van der Waals surface area (Å²) in [6.45, 7) is 3.27. The molecule has 0 bridgehead atoms. The second-order valence-corrected chi connectivity index (χ2v) is 10.5. The Hall–Kier alpha value is -3.85. The van der Waals surface area contributed by atoms with Crippen LogP contribution in [0.5, 0.6) is 11.5 Å². The molecule has 0 aliphatic heterocycles. The Morgan fingerprint density at radius 1 is 0.829 bits per heavy atom. The molecule has 0 unspecified atom stereocenters. The molecule has 3 N–H and O–H groups in total. The van der Waals surface area contributed by atoms with Gasteiger partial charge in [-0.05, 0) is 102 Å². The largest absolute Gasteiger partial charge is 0.494 e. The molecule has 0 radical (unpaired) electrons. The summed E-state index contributed by atoms with van der Waals surface area (Å²) < 4.78 is 11.9. The average molecular weight is 582 g/mol. The number of amides is 1. The highest BCUT2D eigenvalue weighted by Gasteiger charge is 2.13. The Morgan fingerprint density at radius 3 is 2.34 bits per heavy atom. The molecular weight excluding hydrogens is 542 g/mol. The maximum absolute atomic E-state index is 12.5. The SMILES string of the molecule is CCNC(=O)c1cc(OCCCCCCc2cccc(OCCCC(=O)O)c2CCC(=O)O)cc(-c2ccsc2)c1. The van der Waals surface area contributed by atoms with E-state index in [1.54, 1.807) is 17.4 Å². The van der Waals surface area contributed by atoms with Gasteiger partial charge in [0.15, 0.2) is 0 Å². The predicted molar refractivity (Wildman–Crippen MR) is 160 cm³/mol. The lowest BCUT2D eigenvalue weighted by atomic mass is 9.97. The van der Waals surface area contributed by atoms with Crippen molar-refractivity contribution in [2.75, 3.05) is 19.8 Å². The molecule has 2 aromatic carbocycles. The molecule has 1 heterocycles. The maximum Gasteiger partial charge on any atom is 0.303 e. The van der Waals surface area contributed by atoms with Gasteiger partial charge in [0.1, 0.15) is 11.5 Å². The summed E-state index contributed by atoms with van der Waals surface area (Å²) in [5.74, 6) is -0.533. The van der Waals surface area contributed by atoms with Crippen LogP contribution in [0.1, 0.15) is 73.4 Å². The number of carbonyl (C=O) groups is 3. The average Bonchev–Trinajstić information content (AvgIpc) is 3.49. The van der Waals surface area contributed by atoms with Crippen molar-refractivity contribution in [1.29, 1.82) is 0 Å². The molecule has 3 aromatic rings. The van der Waals surface area contributed by atoms with Gasteiger partial charge < -0.3 is 25.0 Å². The van der Waals surface area contributed by atoms with Crippen LogP contribution < -0.4 is 14.8 Å². The Balaban J connectivity index is 1.50. The van der Waals surface area contributed by atoms with E-state index in [1.165, 1.54) is 0 Å². The fraction of sp³-hybridized carbons (Fsp3) is 0.406. The molecule has 41 heavy (non-hydrogen) atoms. The van der Waals surface area contributed by atoms with Crippen molar-refractivity contribution in [1.82, 2.24) is 5.32 Å². The number of aryl methyl sites for hydroxylation is 1. The van der Waals surface area contributed by atoms with Crippen LogP contribution in [0.15, 0.2) is 53.2 Å². The first-order valence-corrected chi connectivity index (χ1v) is 15.1. The summed E-state index contributed by atoms with van der Waals surface area (Å²) in [4.78, 5) is 34.5. The Labute approximate surface area is 245 Å². The number of benzene rings is 2. The zero-order valence-electron chi connectivity index (χ0n) is 23.5. The second kappa shape index (κ2) is 17.1. The van der Waals surface area contributed by atoms with Crippen molar-refractivity contribution in [2.24, 2.45) is 0 Å². The number of unbranched alkanes of at least 4 members (excludes halogenated alkanes) is 3. The fourth-order valence-corrected chi connectivity index (χ4v) is 5.20. The smallest absolute Gasteiger partial charge is 0.303 e. The van der Waals surface area contributed by atoms with Gasteiger partial charge in [-0.1, -0.05) is 25.0 Å². The van der Waals surface area contributed by atoms with E-state index in [0.29, 0.717) is 43.1 Å². The predicted octanol–water partition coefficient (Wildman–Crippen LogP) is 6.61. The van der Waals surface area contributed by atoms with Crippen LogP contribution in [0, 0.1) is 0 Å². The molecule has 0 fully saturated rings. The number of hydrogen-bond donors (Lipinski definition) is 3. The molecule has 0 spiro atoms. The molecular formula is C32H39NO7S. The molecule has 1 aromatic heterocycles. The van der Waals surface area contributed by atoms with E-state index >= 15 is 0 Å². The van der Waals surface area contributed by atoms with Crippen molar-refractivity contribution in [3.63, 3.8) is 0 Å². The molecule has 0 atom stereocenters. The van der Waals surface area contributed by atoms with Gasteiger partial charge in [-0.25, -0.2) is 0 Å². The third-order valence-corrected chi connectivity index (χ3v) is 7.26. The Morgan fingerprint density at radius 2 is 1.61 bits per heavy atom. The van der Waals surface area contributed by atoms with E-state index in [1.807, 2.05) is 48.7 Å². The lowest BCUT2D eigenvalue weighted by molar-refractivity contribution is -0.138. The van der Waals surface area contributed by atoms with E-state index in [-0.39, 0.29) is 25.4 Å². The normalized spacial score (nSPS) is 10.8. The minimum Gasteiger partial charge on any atom is -0.494 e. The lowest BCUT2D eigenvalue weighted by Crippen LogP contribution is -2.22. The Kier molecular flexibility index (Phi) is 13.2. The quantitative estimate of drug-likeness (QED) is 0.136. The van der Waals surface area contributed by atoms with Crippen LogP contribution in [0.2, 0.25) is 0 Å². The topological polar surface area (TPSA) is 122 Å². The number of carboxylic acids is 2. The minimum absolute atomic E-state index is 0.00919. The highest BCUT2D eigenvalue weighted by atomic mass is 32.1. The van der Waals surface area contributed by atoms with Crippen LogP contribution in [0.4, 0.5) is 0 Å². The van der Waals surface area contributed by atoms with Crippen molar-refractivity contribution in [3.05, 3.63) is 69.9 Å². The van der Waals surface area contributed by atoms with E-state index in [9.17, 15) is 19.5 Å². The summed E-state index contributed by atoms with van der Waals surface area (Å²) in [7, 11) is 0. The summed E-state index contributed by atoms with van der Waals surface area (Å²) >= 11 is 1.61. The van der Waals surface area contributed by atoms with Gasteiger partial charge >= 0.3 is 11.9 Å². The third-order valence-electron chi connectivity index (χ3n) is 6.58. The summed E-state index contributed by atoms with van der Waals surface area (Å²) in [5.41, 5.74) is 4.56. The number of thiophene rings is 1. The monoisotopic (exact) mass is 581 g/mol. The fourth-order valence-electron chi connectivity index (χ4n) is 4.53. The van der Waals surface area contributed by atoms with Gasteiger partial charge in [0.05, 0.1) is 13.2 Å². The second-order valence-electron chi connectivity index (χ2n) is 9.76. The van der Waals surface area contributed by atoms with Gasteiger partial charge in [0.2, 0.25) is 0 Å². The molecule has 0 saturated carbocycles. The number of carboxylic acid groups (broad SMARTS) is 2. The molecule has 9 heteroatoms. The molecule has 3 rings (SSSR count). The Bertz CT molecular complexity index is 1270. The van der Waals surface area contributed by atoms with Crippen LogP contribution in [-0.2, 0) is 22.4 Å². The zero-order chi connectivity index (χ0) is 29.5. The number of nitrogens with one attached hydrogen (secondary N) is 1. The summed E-state index contributed by atoms with van der Waals surface area (Å²) in [6, 6.07) is 13.4. The van der Waals surface area contributed by atoms with E-state index in [2.05, 4.69) is 10.7 Å². The lowest BCUT2D eigenvalue weighted by Gasteiger charge is -2.15.